The Hall–Kier alpha value is -1.10. The van der Waals surface area contributed by atoms with Crippen LogP contribution in [0.25, 0.3) is 0 Å². The molecule has 0 aliphatic heterocycles. The minimum absolute atomic E-state index is 0.259. The fourth-order valence-corrected chi connectivity index (χ4v) is 1.25. The SMILES string of the molecule is COC(=O)c1cc(Br)c(=O)[nH]c1C. The summed E-state index contributed by atoms with van der Waals surface area (Å²) in [5, 5.41) is 0. The smallest absolute Gasteiger partial charge is 0.339 e. The Kier molecular flexibility index (Phi) is 2.87. The van der Waals surface area contributed by atoms with Crippen molar-refractivity contribution in [2.24, 2.45) is 0 Å². The summed E-state index contributed by atoms with van der Waals surface area (Å²) in [5.74, 6) is -0.463. The molecule has 1 aromatic rings. The molecule has 0 spiro atoms. The Morgan fingerprint density at radius 1 is 1.62 bits per heavy atom. The molecule has 0 saturated heterocycles. The molecule has 4 nitrogen and oxygen atoms in total. The first-order valence-electron chi connectivity index (χ1n) is 3.54. The number of carbonyl (C=O) groups excluding carboxylic acids is 1. The number of hydrogen-bond donors (Lipinski definition) is 1. The highest BCUT2D eigenvalue weighted by Gasteiger charge is 2.11. The van der Waals surface area contributed by atoms with Crippen molar-refractivity contribution < 1.29 is 9.53 Å². The van der Waals surface area contributed by atoms with Crippen LogP contribution in [0.4, 0.5) is 0 Å². The molecule has 0 fully saturated rings. The van der Waals surface area contributed by atoms with Gasteiger partial charge < -0.3 is 9.72 Å². The van der Waals surface area contributed by atoms with E-state index in [-0.39, 0.29) is 5.56 Å². The van der Waals surface area contributed by atoms with E-state index in [0.717, 1.165) is 0 Å². The summed E-state index contributed by atoms with van der Waals surface area (Å²) in [6.07, 6.45) is 0. The summed E-state index contributed by atoms with van der Waals surface area (Å²) in [5.41, 5.74) is 0.596. The molecule has 5 heteroatoms. The van der Waals surface area contributed by atoms with Gasteiger partial charge in [-0.2, -0.15) is 0 Å². The van der Waals surface area contributed by atoms with Gasteiger partial charge in [0.15, 0.2) is 0 Å². The second kappa shape index (κ2) is 3.74. The fraction of sp³-hybridized carbons (Fsp3) is 0.250. The first-order valence-corrected chi connectivity index (χ1v) is 4.33. The highest BCUT2D eigenvalue weighted by molar-refractivity contribution is 9.10. The first kappa shape index (κ1) is 9.98. The second-order valence-corrected chi connectivity index (χ2v) is 3.33. The monoisotopic (exact) mass is 245 g/mol. The van der Waals surface area contributed by atoms with Gasteiger partial charge in [0.1, 0.15) is 0 Å². The maximum absolute atomic E-state index is 11.1. The number of aryl methyl sites for hydroxylation is 1. The molecule has 0 aliphatic carbocycles. The van der Waals surface area contributed by atoms with Crippen molar-refractivity contribution in [2.45, 2.75) is 6.92 Å². The molecule has 0 unspecified atom stereocenters. The van der Waals surface area contributed by atoms with E-state index in [0.29, 0.717) is 15.7 Å². The molecule has 13 heavy (non-hydrogen) atoms. The van der Waals surface area contributed by atoms with Crippen LogP contribution in [0.2, 0.25) is 0 Å². The first-order chi connectivity index (χ1) is 6.06. The van der Waals surface area contributed by atoms with Gasteiger partial charge in [-0.05, 0) is 28.9 Å². The maximum atomic E-state index is 11.1. The van der Waals surface area contributed by atoms with Gasteiger partial charge in [-0.15, -0.1) is 0 Å². The van der Waals surface area contributed by atoms with E-state index in [1.807, 2.05) is 0 Å². The van der Waals surface area contributed by atoms with Crippen molar-refractivity contribution in [2.75, 3.05) is 7.11 Å². The van der Waals surface area contributed by atoms with Gasteiger partial charge in [-0.25, -0.2) is 4.79 Å². The summed E-state index contributed by atoms with van der Waals surface area (Å²) in [4.78, 5) is 24.7. The van der Waals surface area contributed by atoms with Gasteiger partial charge in [0.25, 0.3) is 5.56 Å². The number of aromatic amines is 1. The van der Waals surface area contributed by atoms with Crippen LogP contribution in [-0.2, 0) is 4.74 Å². The van der Waals surface area contributed by atoms with Gasteiger partial charge >= 0.3 is 5.97 Å². The third-order valence-corrected chi connectivity index (χ3v) is 2.19. The number of methoxy groups -OCH3 is 1. The Labute approximate surface area is 83.1 Å². The normalized spacial score (nSPS) is 9.77. The molecular formula is C8H8BrNO3. The number of rotatable bonds is 1. The van der Waals surface area contributed by atoms with Crippen LogP contribution in [0.1, 0.15) is 16.1 Å². The van der Waals surface area contributed by atoms with E-state index >= 15 is 0 Å². The largest absolute Gasteiger partial charge is 0.465 e. The lowest BCUT2D eigenvalue weighted by Gasteiger charge is -2.02. The number of carbonyl (C=O) groups is 1. The Morgan fingerprint density at radius 3 is 2.77 bits per heavy atom. The number of hydrogen-bond acceptors (Lipinski definition) is 3. The lowest BCUT2D eigenvalue weighted by molar-refractivity contribution is 0.0599. The van der Waals surface area contributed by atoms with E-state index in [2.05, 4.69) is 25.7 Å². The number of H-pyrrole nitrogens is 1. The molecule has 0 radical (unpaired) electrons. The number of aromatic nitrogens is 1. The highest BCUT2D eigenvalue weighted by Crippen LogP contribution is 2.10. The highest BCUT2D eigenvalue weighted by atomic mass is 79.9. The summed E-state index contributed by atoms with van der Waals surface area (Å²) < 4.78 is 4.85. The zero-order valence-electron chi connectivity index (χ0n) is 7.18. The van der Waals surface area contributed by atoms with Crippen LogP contribution in [0, 0.1) is 6.92 Å². The van der Waals surface area contributed by atoms with Gasteiger partial charge in [0, 0.05) is 5.69 Å². The molecule has 0 bridgehead atoms. The molecule has 0 atom stereocenters. The van der Waals surface area contributed by atoms with Crippen molar-refractivity contribution in [3.8, 4) is 0 Å². The second-order valence-electron chi connectivity index (χ2n) is 2.48. The van der Waals surface area contributed by atoms with E-state index in [1.54, 1.807) is 6.92 Å². The van der Waals surface area contributed by atoms with E-state index in [1.165, 1.54) is 13.2 Å². The number of esters is 1. The van der Waals surface area contributed by atoms with E-state index in [4.69, 9.17) is 0 Å². The minimum Gasteiger partial charge on any atom is -0.465 e. The third-order valence-electron chi connectivity index (χ3n) is 1.60. The summed E-state index contributed by atoms with van der Waals surface area (Å²) in [7, 11) is 1.29. The molecular weight excluding hydrogens is 238 g/mol. The van der Waals surface area contributed by atoms with Crippen molar-refractivity contribution >= 4 is 21.9 Å². The van der Waals surface area contributed by atoms with Crippen molar-refractivity contribution in [1.29, 1.82) is 0 Å². The molecule has 1 heterocycles. The van der Waals surface area contributed by atoms with Crippen LogP contribution in [0.3, 0.4) is 0 Å². The Balaban J connectivity index is 3.31. The third kappa shape index (κ3) is 1.98. The number of ether oxygens (including phenoxy) is 1. The van der Waals surface area contributed by atoms with E-state index in [9.17, 15) is 9.59 Å². The fourth-order valence-electron chi connectivity index (χ4n) is 0.920. The maximum Gasteiger partial charge on any atom is 0.339 e. The van der Waals surface area contributed by atoms with Crippen LogP contribution in [0.15, 0.2) is 15.3 Å². The predicted octanol–water partition coefficient (Wildman–Crippen LogP) is 1.23. The summed E-state index contributed by atoms with van der Waals surface area (Å²) in [6.45, 7) is 1.64. The predicted molar refractivity (Wildman–Crippen MR) is 50.8 cm³/mol. The van der Waals surface area contributed by atoms with Crippen LogP contribution >= 0.6 is 15.9 Å². The topological polar surface area (TPSA) is 59.2 Å². The average molecular weight is 246 g/mol. The molecule has 0 saturated carbocycles. The molecule has 0 aromatic carbocycles. The van der Waals surface area contributed by atoms with Crippen LogP contribution in [0.5, 0.6) is 0 Å². The van der Waals surface area contributed by atoms with Gasteiger partial charge in [0.05, 0.1) is 17.1 Å². The van der Waals surface area contributed by atoms with Crippen LogP contribution in [-0.4, -0.2) is 18.1 Å². The Bertz CT molecular complexity index is 397. The standard InChI is InChI=1S/C8H8BrNO3/c1-4-5(8(12)13-2)3-6(9)7(11)10-4/h3H,1-2H3,(H,10,11). The van der Waals surface area contributed by atoms with E-state index < -0.39 is 5.97 Å². The van der Waals surface area contributed by atoms with Gasteiger partial charge in [-0.3, -0.25) is 4.79 Å². The molecule has 0 amide bonds. The van der Waals surface area contributed by atoms with Gasteiger partial charge in [0.2, 0.25) is 0 Å². The zero-order valence-corrected chi connectivity index (χ0v) is 8.77. The lowest BCUT2D eigenvalue weighted by Crippen LogP contribution is -2.14. The van der Waals surface area contributed by atoms with Crippen molar-refractivity contribution in [3.05, 3.63) is 32.2 Å². The lowest BCUT2D eigenvalue weighted by atomic mass is 10.2. The van der Waals surface area contributed by atoms with Gasteiger partial charge in [-0.1, -0.05) is 0 Å². The minimum atomic E-state index is -0.463. The molecule has 0 aliphatic rings. The van der Waals surface area contributed by atoms with Crippen molar-refractivity contribution in [3.63, 3.8) is 0 Å². The average Bonchev–Trinajstić information content (AvgIpc) is 2.10. The van der Waals surface area contributed by atoms with Crippen molar-refractivity contribution in [1.82, 2.24) is 4.98 Å². The Morgan fingerprint density at radius 2 is 2.23 bits per heavy atom. The molecule has 1 aromatic heterocycles. The van der Waals surface area contributed by atoms with Crippen LogP contribution < -0.4 is 5.56 Å². The summed E-state index contributed by atoms with van der Waals surface area (Å²) in [6, 6.07) is 1.44. The molecule has 1 N–H and O–H groups in total. The number of halogens is 1. The molecule has 70 valence electrons. The number of pyridine rings is 1. The molecule has 1 rings (SSSR count). The summed E-state index contributed by atoms with van der Waals surface area (Å²) >= 11 is 3.03. The number of nitrogens with one attached hydrogen (secondary N) is 1. The quantitative estimate of drug-likeness (QED) is 0.758. The zero-order chi connectivity index (χ0) is 10.0.